The number of methoxy groups -OCH3 is 2. The number of hydrogen-bond acceptors (Lipinski definition) is 4. The molecule has 0 unspecified atom stereocenters. The zero-order valence-corrected chi connectivity index (χ0v) is 17.1. The van der Waals surface area contributed by atoms with Crippen LogP contribution in [0.15, 0.2) is 48.5 Å². The fourth-order valence-electron chi connectivity index (χ4n) is 3.25. The minimum Gasteiger partial charge on any atom is -0.384 e. The van der Waals surface area contributed by atoms with Gasteiger partial charge in [0.05, 0.1) is 13.2 Å². The molecule has 0 bridgehead atoms. The highest BCUT2D eigenvalue weighted by Crippen LogP contribution is 2.36. The predicted octanol–water partition coefficient (Wildman–Crippen LogP) is 5.75. The first-order chi connectivity index (χ1) is 12.9. The third kappa shape index (κ3) is 4.55. The Morgan fingerprint density at radius 1 is 0.615 bits per heavy atom. The molecule has 26 heavy (non-hydrogen) atoms. The molecule has 0 fully saturated rings. The summed E-state index contributed by atoms with van der Waals surface area (Å²) < 4.78 is 10.4. The van der Waals surface area contributed by atoms with Crippen LogP contribution in [0.1, 0.15) is 11.1 Å². The Hall–Kier alpha value is -1.20. The van der Waals surface area contributed by atoms with Gasteiger partial charge in [-0.15, -0.1) is 0 Å². The summed E-state index contributed by atoms with van der Waals surface area (Å²) in [6.45, 7) is 1.60. The molecular formula is C22H26O2S2. The fourth-order valence-corrected chi connectivity index (χ4v) is 5.14. The highest BCUT2D eigenvalue weighted by Gasteiger charge is 2.13. The molecule has 0 saturated carbocycles. The standard InChI is InChI=1S/C22H26O2S2/c1-23-11-13-25-15-21-17-7-3-5-9-19(17)22(16-26-14-12-24-2)20-10-6-4-8-18(20)21/h3-10H,11-16H2,1-2H3. The monoisotopic (exact) mass is 386 g/mol. The third-order valence-electron chi connectivity index (χ3n) is 4.51. The summed E-state index contributed by atoms with van der Waals surface area (Å²) in [4.78, 5) is 0. The van der Waals surface area contributed by atoms with Crippen molar-refractivity contribution in [2.75, 3.05) is 38.9 Å². The maximum Gasteiger partial charge on any atom is 0.0553 e. The second kappa shape index (κ2) is 10.2. The van der Waals surface area contributed by atoms with Gasteiger partial charge in [-0.05, 0) is 32.7 Å². The Morgan fingerprint density at radius 3 is 1.27 bits per heavy atom. The minimum atomic E-state index is 0.800. The van der Waals surface area contributed by atoms with E-state index in [-0.39, 0.29) is 0 Å². The summed E-state index contributed by atoms with van der Waals surface area (Å²) in [5.41, 5.74) is 2.89. The van der Waals surface area contributed by atoms with Gasteiger partial charge in [0.2, 0.25) is 0 Å². The SMILES string of the molecule is COCCSCc1c2ccccc2c(CSCCOC)c2ccccc12. The average Bonchev–Trinajstić information content (AvgIpc) is 2.69. The van der Waals surface area contributed by atoms with E-state index >= 15 is 0 Å². The topological polar surface area (TPSA) is 18.5 Å². The summed E-state index contributed by atoms with van der Waals surface area (Å²) in [6, 6.07) is 17.7. The zero-order valence-electron chi connectivity index (χ0n) is 15.5. The van der Waals surface area contributed by atoms with Gasteiger partial charge in [0, 0.05) is 37.2 Å². The summed E-state index contributed by atoms with van der Waals surface area (Å²) in [6.07, 6.45) is 0. The summed E-state index contributed by atoms with van der Waals surface area (Å²) in [7, 11) is 3.53. The molecule has 0 heterocycles. The maximum absolute atomic E-state index is 5.20. The second-order valence-electron chi connectivity index (χ2n) is 6.14. The van der Waals surface area contributed by atoms with Crippen LogP contribution in [0.2, 0.25) is 0 Å². The van der Waals surface area contributed by atoms with Crippen LogP contribution in [-0.4, -0.2) is 38.9 Å². The molecular weight excluding hydrogens is 360 g/mol. The molecule has 0 aliphatic rings. The normalized spacial score (nSPS) is 11.5. The number of benzene rings is 3. The fraction of sp³-hybridized carbons (Fsp3) is 0.364. The smallest absolute Gasteiger partial charge is 0.0553 e. The van der Waals surface area contributed by atoms with Gasteiger partial charge in [0.25, 0.3) is 0 Å². The Labute approximate surface area is 164 Å². The van der Waals surface area contributed by atoms with Crippen LogP contribution < -0.4 is 0 Å². The van der Waals surface area contributed by atoms with Crippen molar-refractivity contribution >= 4 is 45.1 Å². The van der Waals surface area contributed by atoms with Crippen LogP contribution in [0.5, 0.6) is 0 Å². The zero-order chi connectivity index (χ0) is 18.2. The van der Waals surface area contributed by atoms with E-state index in [2.05, 4.69) is 48.5 Å². The van der Waals surface area contributed by atoms with E-state index in [1.807, 2.05) is 23.5 Å². The van der Waals surface area contributed by atoms with Gasteiger partial charge in [-0.3, -0.25) is 0 Å². The van der Waals surface area contributed by atoms with E-state index in [1.165, 1.54) is 32.7 Å². The number of rotatable bonds is 10. The van der Waals surface area contributed by atoms with Crippen molar-refractivity contribution in [3.8, 4) is 0 Å². The first kappa shape index (κ1) is 19.6. The van der Waals surface area contributed by atoms with Crippen molar-refractivity contribution in [2.45, 2.75) is 11.5 Å². The van der Waals surface area contributed by atoms with Crippen LogP contribution in [-0.2, 0) is 21.0 Å². The van der Waals surface area contributed by atoms with Gasteiger partial charge in [-0.25, -0.2) is 0 Å². The second-order valence-corrected chi connectivity index (χ2v) is 8.35. The van der Waals surface area contributed by atoms with Gasteiger partial charge < -0.3 is 9.47 Å². The maximum atomic E-state index is 5.20. The molecule has 138 valence electrons. The lowest BCUT2D eigenvalue weighted by molar-refractivity contribution is 0.218. The Kier molecular flexibility index (Phi) is 7.69. The summed E-state index contributed by atoms with van der Waals surface area (Å²) >= 11 is 3.89. The molecule has 0 N–H and O–H groups in total. The van der Waals surface area contributed by atoms with Gasteiger partial charge in [-0.2, -0.15) is 23.5 Å². The van der Waals surface area contributed by atoms with Crippen LogP contribution in [0.3, 0.4) is 0 Å². The molecule has 0 amide bonds. The lowest BCUT2D eigenvalue weighted by Crippen LogP contribution is -1.97. The summed E-state index contributed by atoms with van der Waals surface area (Å²) in [5.74, 6) is 4.07. The van der Waals surface area contributed by atoms with E-state index in [0.717, 1.165) is 36.2 Å². The van der Waals surface area contributed by atoms with Crippen LogP contribution in [0, 0.1) is 0 Å². The Balaban J connectivity index is 2.03. The van der Waals surface area contributed by atoms with E-state index in [1.54, 1.807) is 14.2 Å². The van der Waals surface area contributed by atoms with Crippen molar-refractivity contribution in [2.24, 2.45) is 0 Å². The Morgan fingerprint density at radius 2 is 0.962 bits per heavy atom. The van der Waals surface area contributed by atoms with Crippen molar-refractivity contribution in [1.29, 1.82) is 0 Å². The van der Waals surface area contributed by atoms with Crippen molar-refractivity contribution < 1.29 is 9.47 Å². The molecule has 0 atom stereocenters. The highest BCUT2D eigenvalue weighted by molar-refractivity contribution is 7.98. The van der Waals surface area contributed by atoms with Crippen LogP contribution in [0.4, 0.5) is 0 Å². The van der Waals surface area contributed by atoms with Gasteiger partial charge in [0.15, 0.2) is 0 Å². The first-order valence-electron chi connectivity index (χ1n) is 8.91. The molecule has 0 spiro atoms. The number of hydrogen-bond donors (Lipinski definition) is 0. The predicted molar refractivity (Wildman–Crippen MR) is 118 cm³/mol. The molecule has 0 aliphatic carbocycles. The molecule has 3 aromatic carbocycles. The molecule has 0 aliphatic heterocycles. The number of thioether (sulfide) groups is 2. The molecule has 0 radical (unpaired) electrons. The quantitative estimate of drug-likeness (QED) is 0.326. The van der Waals surface area contributed by atoms with Crippen molar-refractivity contribution in [3.05, 3.63) is 59.7 Å². The number of ether oxygens (including phenoxy) is 2. The van der Waals surface area contributed by atoms with Crippen molar-refractivity contribution in [3.63, 3.8) is 0 Å². The van der Waals surface area contributed by atoms with Crippen LogP contribution >= 0.6 is 23.5 Å². The molecule has 3 rings (SSSR count). The molecule has 0 aromatic heterocycles. The average molecular weight is 387 g/mol. The van der Waals surface area contributed by atoms with E-state index < -0.39 is 0 Å². The van der Waals surface area contributed by atoms with E-state index in [0.29, 0.717) is 0 Å². The lowest BCUT2D eigenvalue weighted by Gasteiger charge is -2.17. The lowest BCUT2D eigenvalue weighted by atomic mass is 9.93. The van der Waals surface area contributed by atoms with E-state index in [4.69, 9.17) is 9.47 Å². The highest BCUT2D eigenvalue weighted by atomic mass is 32.2. The molecule has 0 saturated heterocycles. The number of fused-ring (bicyclic) bond motifs is 2. The van der Waals surface area contributed by atoms with Gasteiger partial charge in [-0.1, -0.05) is 48.5 Å². The minimum absolute atomic E-state index is 0.800. The van der Waals surface area contributed by atoms with Crippen molar-refractivity contribution in [1.82, 2.24) is 0 Å². The largest absolute Gasteiger partial charge is 0.384 e. The molecule has 3 aromatic rings. The molecule has 2 nitrogen and oxygen atoms in total. The third-order valence-corrected chi connectivity index (χ3v) is 6.41. The van der Waals surface area contributed by atoms with Gasteiger partial charge in [0.1, 0.15) is 0 Å². The van der Waals surface area contributed by atoms with Gasteiger partial charge >= 0.3 is 0 Å². The first-order valence-corrected chi connectivity index (χ1v) is 11.2. The van der Waals surface area contributed by atoms with Crippen LogP contribution in [0.25, 0.3) is 21.5 Å². The molecule has 4 heteroatoms. The summed E-state index contributed by atoms with van der Waals surface area (Å²) in [5, 5.41) is 5.55. The Bertz CT molecular complexity index is 721. The van der Waals surface area contributed by atoms with E-state index in [9.17, 15) is 0 Å².